The Morgan fingerprint density at radius 3 is 2.52 bits per heavy atom. The molecule has 1 amide bonds. The van der Waals surface area contributed by atoms with Gasteiger partial charge in [-0.3, -0.25) is 4.79 Å². The summed E-state index contributed by atoms with van der Waals surface area (Å²) < 4.78 is 18.5. The van der Waals surface area contributed by atoms with E-state index in [1.165, 1.54) is 12.1 Å². The van der Waals surface area contributed by atoms with Crippen molar-refractivity contribution in [3.05, 3.63) is 77.8 Å². The first-order valence-corrected chi connectivity index (χ1v) is 7.42. The predicted molar refractivity (Wildman–Crippen MR) is 87.9 cm³/mol. The molecule has 3 rings (SSSR count). The lowest BCUT2D eigenvalue weighted by Gasteiger charge is -2.08. The van der Waals surface area contributed by atoms with Gasteiger partial charge in [0.2, 0.25) is 0 Å². The summed E-state index contributed by atoms with van der Waals surface area (Å²) in [5.74, 6) is 0.128. The fourth-order valence-corrected chi connectivity index (χ4v) is 2.36. The van der Waals surface area contributed by atoms with Crippen molar-refractivity contribution < 1.29 is 13.6 Å². The van der Waals surface area contributed by atoms with E-state index in [9.17, 15) is 9.18 Å². The molecule has 0 spiro atoms. The van der Waals surface area contributed by atoms with E-state index in [-0.39, 0.29) is 17.5 Å². The van der Waals surface area contributed by atoms with Gasteiger partial charge in [0.1, 0.15) is 11.6 Å². The van der Waals surface area contributed by atoms with Crippen LogP contribution in [0, 0.1) is 5.82 Å². The van der Waals surface area contributed by atoms with Crippen LogP contribution in [0.2, 0.25) is 0 Å². The van der Waals surface area contributed by atoms with Crippen LogP contribution in [0.3, 0.4) is 0 Å². The van der Waals surface area contributed by atoms with Gasteiger partial charge in [0.15, 0.2) is 5.76 Å². The number of para-hydroxylation sites is 1. The highest BCUT2D eigenvalue weighted by atomic mass is 19.1. The molecule has 0 aliphatic heterocycles. The number of anilines is 1. The Morgan fingerprint density at radius 2 is 1.78 bits per heavy atom. The molecule has 0 saturated carbocycles. The first-order valence-electron chi connectivity index (χ1n) is 7.42. The maximum atomic E-state index is 13.0. The van der Waals surface area contributed by atoms with Gasteiger partial charge in [0.25, 0.3) is 5.91 Å². The number of hydrogen-bond acceptors (Lipinski definition) is 2. The van der Waals surface area contributed by atoms with Gasteiger partial charge in [-0.05, 0) is 54.4 Å². The number of aryl methyl sites for hydroxylation is 1. The lowest BCUT2D eigenvalue weighted by molar-refractivity contribution is 0.0997. The van der Waals surface area contributed by atoms with Crippen LogP contribution >= 0.6 is 0 Å². The monoisotopic (exact) mass is 309 g/mol. The summed E-state index contributed by atoms with van der Waals surface area (Å²) in [4.78, 5) is 12.3. The molecule has 0 bridgehead atoms. The van der Waals surface area contributed by atoms with Crippen LogP contribution in [0.5, 0.6) is 0 Å². The average Bonchev–Trinajstić information content (AvgIpc) is 3.06. The third-order valence-electron chi connectivity index (χ3n) is 3.60. The zero-order chi connectivity index (χ0) is 16.2. The van der Waals surface area contributed by atoms with E-state index in [2.05, 4.69) is 5.32 Å². The van der Waals surface area contributed by atoms with Crippen molar-refractivity contribution in [3.63, 3.8) is 0 Å². The van der Waals surface area contributed by atoms with Crippen LogP contribution in [0.4, 0.5) is 10.1 Å². The summed E-state index contributed by atoms with van der Waals surface area (Å²) in [7, 11) is 0. The Morgan fingerprint density at radius 1 is 1.04 bits per heavy atom. The number of hydrogen-bond donors (Lipinski definition) is 1. The largest absolute Gasteiger partial charge is 0.451 e. The highest BCUT2D eigenvalue weighted by Crippen LogP contribution is 2.23. The summed E-state index contributed by atoms with van der Waals surface area (Å²) in [5, 5.41) is 2.86. The van der Waals surface area contributed by atoms with Gasteiger partial charge < -0.3 is 9.73 Å². The fraction of sp³-hybridized carbons (Fsp3) is 0.105. The molecule has 0 radical (unpaired) electrons. The second-order valence-electron chi connectivity index (χ2n) is 5.14. The van der Waals surface area contributed by atoms with Gasteiger partial charge in [0.05, 0.1) is 0 Å². The molecule has 3 nitrogen and oxygen atoms in total. The smallest absolute Gasteiger partial charge is 0.291 e. The summed E-state index contributed by atoms with van der Waals surface area (Å²) in [6.07, 6.45) is 0.829. The zero-order valence-corrected chi connectivity index (χ0v) is 12.7. The Kier molecular flexibility index (Phi) is 4.24. The Bertz CT molecular complexity index is 821. The normalized spacial score (nSPS) is 10.5. The molecule has 0 aliphatic carbocycles. The lowest BCUT2D eigenvalue weighted by atomic mass is 10.1. The second-order valence-corrected chi connectivity index (χ2v) is 5.14. The lowest BCUT2D eigenvalue weighted by Crippen LogP contribution is -2.12. The van der Waals surface area contributed by atoms with Crippen molar-refractivity contribution >= 4 is 11.6 Å². The molecule has 0 unspecified atom stereocenters. The van der Waals surface area contributed by atoms with E-state index >= 15 is 0 Å². The van der Waals surface area contributed by atoms with E-state index in [4.69, 9.17) is 4.42 Å². The van der Waals surface area contributed by atoms with Crippen LogP contribution in [-0.4, -0.2) is 5.91 Å². The van der Waals surface area contributed by atoms with Crippen molar-refractivity contribution in [1.29, 1.82) is 0 Å². The maximum Gasteiger partial charge on any atom is 0.291 e. The van der Waals surface area contributed by atoms with Crippen LogP contribution in [-0.2, 0) is 6.42 Å². The number of carbonyl (C=O) groups excluding carboxylic acids is 1. The van der Waals surface area contributed by atoms with Crippen LogP contribution in [0.15, 0.2) is 65.1 Å². The van der Waals surface area contributed by atoms with E-state index < -0.39 is 0 Å². The van der Waals surface area contributed by atoms with Crippen LogP contribution in [0.1, 0.15) is 23.0 Å². The van der Waals surface area contributed by atoms with Gasteiger partial charge >= 0.3 is 0 Å². The van der Waals surface area contributed by atoms with E-state index in [1.807, 2.05) is 31.2 Å². The molecule has 1 N–H and O–H groups in total. The average molecular weight is 309 g/mol. The van der Waals surface area contributed by atoms with Gasteiger partial charge in [-0.1, -0.05) is 25.1 Å². The topological polar surface area (TPSA) is 42.2 Å². The molecular weight excluding hydrogens is 293 g/mol. The SMILES string of the molecule is CCc1ccccc1NC(=O)c1ccc(-c2ccc(F)cc2)o1. The van der Waals surface area contributed by atoms with Crippen LogP contribution in [0.25, 0.3) is 11.3 Å². The highest BCUT2D eigenvalue weighted by Gasteiger charge is 2.13. The highest BCUT2D eigenvalue weighted by molar-refractivity contribution is 6.03. The second kappa shape index (κ2) is 6.48. The molecule has 1 aromatic heterocycles. The van der Waals surface area contributed by atoms with E-state index in [0.717, 1.165) is 23.2 Å². The Labute approximate surface area is 133 Å². The predicted octanol–water partition coefficient (Wildman–Crippen LogP) is 4.90. The van der Waals surface area contributed by atoms with Gasteiger partial charge in [-0.2, -0.15) is 0 Å². The van der Waals surface area contributed by atoms with Gasteiger partial charge in [0, 0.05) is 11.3 Å². The minimum Gasteiger partial charge on any atom is -0.451 e. The summed E-state index contributed by atoms with van der Waals surface area (Å²) in [6.45, 7) is 2.03. The third kappa shape index (κ3) is 3.31. The molecule has 3 aromatic rings. The van der Waals surface area contributed by atoms with E-state index in [1.54, 1.807) is 24.3 Å². The standard InChI is InChI=1S/C19H16FNO2/c1-2-13-5-3-4-6-16(13)21-19(22)18-12-11-17(23-18)14-7-9-15(20)10-8-14/h3-12H,2H2,1H3,(H,21,22). The summed E-state index contributed by atoms with van der Waals surface area (Å²) in [6, 6.07) is 16.9. The van der Waals surface area contributed by atoms with Crippen molar-refractivity contribution in [1.82, 2.24) is 0 Å². The quantitative estimate of drug-likeness (QED) is 0.744. The van der Waals surface area contributed by atoms with Gasteiger partial charge in [-0.25, -0.2) is 4.39 Å². The molecule has 1 heterocycles. The number of halogens is 1. The first-order chi connectivity index (χ1) is 11.2. The molecule has 0 fully saturated rings. The number of carbonyl (C=O) groups is 1. The number of benzene rings is 2. The molecule has 4 heteroatoms. The number of furan rings is 1. The number of rotatable bonds is 4. The molecular formula is C19H16FNO2. The zero-order valence-electron chi connectivity index (χ0n) is 12.7. The number of amides is 1. The minimum atomic E-state index is -0.311. The van der Waals surface area contributed by atoms with Crippen LogP contribution < -0.4 is 5.32 Å². The summed E-state index contributed by atoms with van der Waals surface area (Å²) >= 11 is 0. The molecule has 2 aromatic carbocycles. The first kappa shape index (κ1) is 15.0. The van der Waals surface area contributed by atoms with Crippen molar-refractivity contribution in [2.24, 2.45) is 0 Å². The molecule has 0 aliphatic rings. The van der Waals surface area contributed by atoms with E-state index in [0.29, 0.717) is 5.76 Å². The Hall–Kier alpha value is -2.88. The summed E-state index contributed by atoms with van der Waals surface area (Å²) in [5.41, 5.74) is 2.56. The molecule has 0 atom stereocenters. The van der Waals surface area contributed by atoms with Crippen molar-refractivity contribution in [2.75, 3.05) is 5.32 Å². The third-order valence-corrected chi connectivity index (χ3v) is 3.60. The fourth-order valence-electron chi connectivity index (χ4n) is 2.36. The van der Waals surface area contributed by atoms with Crippen molar-refractivity contribution in [2.45, 2.75) is 13.3 Å². The molecule has 0 saturated heterocycles. The van der Waals surface area contributed by atoms with Crippen molar-refractivity contribution in [3.8, 4) is 11.3 Å². The number of nitrogens with one attached hydrogen (secondary N) is 1. The van der Waals surface area contributed by atoms with Gasteiger partial charge in [-0.15, -0.1) is 0 Å². The Balaban J connectivity index is 1.80. The minimum absolute atomic E-state index is 0.218. The maximum absolute atomic E-state index is 13.0. The molecule has 116 valence electrons. The molecule has 23 heavy (non-hydrogen) atoms.